The molecule has 16 aliphatic rings. The zero-order valence-electron chi connectivity index (χ0n) is 43.6. The van der Waals surface area contributed by atoms with Crippen LogP contribution in [-0.4, -0.2) is 13.1 Å². The number of thiophene rings is 2. The van der Waals surface area contributed by atoms with Crippen molar-refractivity contribution in [2.24, 2.45) is 159 Å². The van der Waals surface area contributed by atoms with Gasteiger partial charge in [0.2, 0.25) is 0 Å². The molecule has 16 aliphatic carbocycles. The SMILES string of the molecule is CCCCCCc1ccsc1-c1sc(C23C=C4CC5CC6CC7CC8CC9CC%10CC(=C2)C2(Cc%11cccc(C(=O)OC)c%11)C%10C%10C9C9C8C7C7C6C6C5C4C4C5C6C7C9C%10C5C2C43)cc1CCCCCC. The monoisotopic (exact) mass is 993 g/mol. The zero-order chi connectivity index (χ0) is 47.0. The lowest BCUT2D eigenvalue weighted by molar-refractivity contribution is -0.163. The number of benzene rings is 1. The summed E-state index contributed by atoms with van der Waals surface area (Å²) in [6, 6.07) is 14.6. The summed E-state index contributed by atoms with van der Waals surface area (Å²) >= 11 is 4.44. The Hall–Kier alpha value is -2.43. The summed E-state index contributed by atoms with van der Waals surface area (Å²) in [4.78, 5) is 18.6. The maximum absolute atomic E-state index is 13.4. The summed E-state index contributed by atoms with van der Waals surface area (Å²) in [5.74, 6) is 25.5. The molecule has 14 saturated carbocycles. The molecule has 0 radical (unpaired) electrons. The van der Waals surface area contributed by atoms with Crippen LogP contribution in [0.15, 0.2) is 65.1 Å². The van der Waals surface area contributed by atoms with Crippen LogP contribution in [0.2, 0.25) is 0 Å². The highest BCUT2D eigenvalue weighted by atomic mass is 32.1. The Kier molecular flexibility index (Phi) is 8.52. The van der Waals surface area contributed by atoms with Gasteiger partial charge < -0.3 is 4.74 Å². The molecule has 28 unspecified atom stereocenters. The molecular weight excluding hydrogens is 913 g/mol. The van der Waals surface area contributed by atoms with Crippen LogP contribution in [-0.2, 0) is 29.4 Å². The van der Waals surface area contributed by atoms with Crippen molar-refractivity contribution in [2.75, 3.05) is 7.11 Å². The largest absolute Gasteiger partial charge is 0.465 e. The summed E-state index contributed by atoms with van der Waals surface area (Å²) in [5.41, 5.74) is 9.84. The predicted octanol–water partition coefficient (Wildman–Crippen LogP) is 15.8. The van der Waals surface area contributed by atoms with Crippen molar-refractivity contribution >= 4 is 28.6 Å². The Labute approximate surface area is 438 Å². The molecule has 0 bridgehead atoms. The first-order valence-electron chi connectivity index (χ1n) is 31.3. The van der Waals surface area contributed by atoms with Crippen LogP contribution in [0, 0.1) is 159 Å². The van der Waals surface area contributed by atoms with E-state index in [1.165, 1.54) is 89.0 Å². The van der Waals surface area contributed by atoms with Gasteiger partial charge in [-0.15, -0.1) is 22.7 Å². The van der Waals surface area contributed by atoms with Crippen molar-refractivity contribution in [3.8, 4) is 9.75 Å². The Bertz CT molecular complexity index is 2910. The van der Waals surface area contributed by atoms with E-state index in [4.69, 9.17) is 4.74 Å². The van der Waals surface area contributed by atoms with E-state index in [2.05, 4.69) is 84.4 Å². The number of esters is 1. The molecule has 1 aromatic carbocycles. The van der Waals surface area contributed by atoms with Crippen molar-refractivity contribution in [3.05, 3.63) is 92.2 Å². The van der Waals surface area contributed by atoms with E-state index in [1.54, 1.807) is 65.0 Å². The lowest BCUT2D eigenvalue weighted by atomic mass is 9.38. The van der Waals surface area contributed by atoms with Gasteiger partial charge in [0.15, 0.2) is 0 Å². The number of rotatable bonds is 15. The van der Waals surface area contributed by atoms with Crippen molar-refractivity contribution < 1.29 is 9.53 Å². The van der Waals surface area contributed by atoms with E-state index in [0.29, 0.717) is 0 Å². The van der Waals surface area contributed by atoms with Gasteiger partial charge in [-0.2, -0.15) is 0 Å². The molecule has 2 nitrogen and oxygen atoms in total. The second kappa shape index (κ2) is 14.4. The topological polar surface area (TPSA) is 26.3 Å². The molecule has 0 N–H and O–H groups in total. The molecule has 72 heavy (non-hydrogen) atoms. The number of methoxy groups -OCH3 is 1. The van der Waals surface area contributed by atoms with Gasteiger partial charge >= 0.3 is 5.97 Å². The van der Waals surface area contributed by atoms with Gasteiger partial charge in [-0.25, -0.2) is 4.79 Å². The molecule has 28 atom stereocenters. The lowest BCUT2D eigenvalue weighted by Crippen LogP contribution is -2.62. The Balaban J connectivity index is 0.876. The van der Waals surface area contributed by atoms with Gasteiger partial charge in [0, 0.05) is 25.5 Å². The van der Waals surface area contributed by atoms with Crippen molar-refractivity contribution in [3.63, 3.8) is 0 Å². The third-order valence-electron chi connectivity index (χ3n) is 28.4. The molecule has 3 aromatic rings. The van der Waals surface area contributed by atoms with E-state index in [1.807, 2.05) is 17.2 Å². The lowest BCUT2D eigenvalue weighted by Gasteiger charge is -2.65. The normalized spacial score (nSPS) is 53.2. The molecule has 0 saturated heterocycles. The fraction of sp³-hybridized carbons (Fsp3) is 0.721. The second-order valence-electron chi connectivity index (χ2n) is 29.6. The zero-order valence-corrected chi connectivity index (χ0v) is 45.2. The van der Waals surface area contributed by atoms with Crippen LogP contribution in [0.1, 0.15) is 142 Å². The summed E-state index contributed by atoms with van der Waals surface area (Å²) in [5, 5.41) is 2.47. The summed E-state index contributed by atoms with van der Waals surface area (Å²) in [6.07, 6.45) is 31.8. The van der Waals surface area contributed by atoms with Crippen LogP contribution in [0.25, 0.3) is 9.75 Å². The van der Waals surface area contributed by atoms with Gasteiger partial charge in [-0.3, -0.25) is 0 Å². The summed E-state index contributed by atoms with van der Waals surface area (Å²) in [6.45, 7) is 4.76. The number of ether oxygens (including phenoxy) is 1. The minimum absolute atomic E-state index is 0.0190. The minimum atomic E-state index is -0.154. The van der Waals surface area contributed by atoms with Gasteiger partial charge in [0.05, 0.1) is 12.7 Å². The van der Waals surface area contributed by atoms with Crippen molar-refractivity contribution in [1.29, 1.82) is 0 Å². The molecule has 0 amide bonds. The Morgan fingerprint density at radius 1 is 0.583 bits per heavy atom. The van der Waals surface area contributed by atoms with Gasteiger partial charge in [0.25, 0.3) is 0 Å². The first kappa shape index (κ1) is 42.7. The molecule has 2 heterocycles. The van der Waals surface area contributed by atoms with E-state index in [0.717, 1.165) is 159 Å². The van der Waals surface area contributed by atoms with Gasteiger partial charge in [-0.1, -0.05) is 87.8 Å². The third-order valence-corrected chi connectivity index (χ3v) is 30.8. The van der Waals surface area contributed by atoms with E-state index >= 15 is 0 Å². The van der Waals surface area contributed by atoms with Crippen LogP contribution >= 0.6 is 22.7 Å². The van der Waals surface area contributed by atoms with Crippen LogP contribution in [0.4, 0.5) is 0 Å². The maximum atomic E-state index is 13.4. The number of carbonyl (C=O) groups is 1. The summed E-state index contributed by atoms with van der Waals surface area (Å²) < 4.78 is 5.48. The number of allylic oxidation sites excluding steroid dienone is 4. The molecule has 376 valence electrons. The number of hydrogen-bond acceptors (Lipinski definition) is 4. The Morgan fingerprint density at radius 3 is 1.94 bits per heavy atom. The highest BCUT2D eigenvalue weighted by Gasteiger charge is 2.90. The first-order valence-corrected chi connectivity index (χ1v) is 33.0. The molecular formula is C68H80O2S2. The van der Waals surface area contributed by atoms with E-state index < -0.39 is 0 Å². The van der Waals surface area contributed by atoms with Crippen LogP contribution in [0.5, 0.6) is 0 Å². The maximum Gasteiger partial charge on any atom is 0.337 e. The standard InChI is InChI=1S/C68H80O2S2/c1-4-6-8-10-14-32-17-18-71-64(32)65-33(15-11-9-7-5-2)27-43(72-65)67-29-41-25-39-23-37-21-35-20-36-22-38-24-40-26-42(30-67)68(28-31-13-12-16-34(19-31)66(69)70-3)61(40)58-48(38)52-45(36)44(35)50-47(37)51-46(39)49(41)59-57-54(51)53(50)55(52)56(58)60(57)63(68)62(59)67/h12-13,16-19,27,29-30,35-40,44-63H,4-11,14-15,20-26,28H2,1-3H3. The molecule has 0 spiro atoms. The Morgan fingerprint density at radius 2 is 1.21 bits per heavy atom. The van der Waals surface area contributed by atoms with E-state index in [-0.39, 0.29) is 16.8 Å². The number of carbonyl (C=O) groups excluding carboxylic acids is 1. The molecule has 4 heteroatoms. The van der Waals surface area contributed by atoms with Crippen LogP contribution in [0.3, 0.4) is 0 Å². The van der Waals surface area contributed by atoms with E-state index in [9.17, 15) is 4.79 Å². The van der Waals surface area contributed by atoms with Crippen molar-refractivity contribution in [1.82, 2.24) is 0 Å². The van der Waals surface area contributed by atoms with Crippen molar-refractivity contribution in [2.45, 2.75) is 135 Å². The average molecular weight is 994 g/mol. The fourth-order valence-corrected chi connectivity index (χ4v) is 31.1. The predicted molar refractivity (Wildman–Crippen MR) is 288 cm³/mol. The highest BCUT2D eigenvalue weighted by Crippen LogP contribution is 2.94. The number of hydrogen-bond donors (Lipinski definition) is 0. The first-order chi connectivity index (χ1) is 35.5. The smallest absolute Gasteiger partial charge is 0.337 e. The fourth-order valence-electron chi connectivity index (χ4n) is 28.5. The minimum Gasteiger partial charge on any atom is -0.465 e. The van der Waals surface area contributed by atoms with Crippen LogP contribution < -0.4 is 0 Å². The molecule has 14 fully saturated rings. The number of aryl methyl sites for hydroxylation is 2. The van der Waals surface area contributed by atoms with Gasteiger partial charge in [-0.05, 0) is 277 Å². The third kappa shape index (κ3) is 4.69. The number of unbranched alkanes of at least 4 members (excludes halogenated alkanes) is 6. The molecule has 19 rings (SSSR count). The quantitative estimate of drug-likeness (QED) is 0.0862. The van der Waals surface area contributed by atoms with Gasteiger partial charge in [0.1, 0.15) is 0 Å². The average Bonchev–Trinajstić information content (AvgIpc) is 4.30. The highest BCUT2D eigenvalue weighted by molar-refractivity contribution is 7.21. The summed E-state index contributed by atoms with van der Waals surface area (Å²) in [7, 11) is 1.59. The molecule has 0 aliphatic heterocycles. The second-order valence-corrected chi connectivity index (χ2v) is 31.5. The molecule has 2 aromatic heterocycles.